The molecule has 3 aromatic rings. The van der Waals surface area contributed by atoms with Gasteiger partial charge in [-0.25, -0.2) is 8.42 Å². The van der Waals surface area contributed by atoms with Crippen molar-refractivity contribution in [1.82, 2.24) is 14.8 Å². The first-order valence-corrected chi connectivity index (χ1v) is 10.1. The smallest absolute Gasteiger partial charge is 0.261 e. The number of rotatable bonds is 4. The Hall–Kier alpha value is -2.67. The number of nitrogens with zero attached hydrogens (tertiary/aromatic N) is 3. The number of hydrogen-bond donors (Lipinski definition) is 1. The first-order chi connectivity index (χ1) is 12.5. The molecule has 1 aliphatic heterocycles. The van der Waals surface area contributed by atoms with Gasteiger partial charge in [0, 0.05) is 24.2 Å². The van der Waals surface area contributed by atoms with Crippen LogP contribution in [0.3, 0.4) is 0 Å². The average molecular weight is 368 g/mol. The first-order valence-electron chi connectivity index (χ1n) is 8.65. The van der Waals surface area contributed by atoms with Crippen LogP contribution >= 0.6 is 0 Å². The molecule has 0 amide bonds. The van der Waals surface area contributed by atoms with Gasteiger partial charge in [-0.1, -0.05) is 29.8 Å². The summed E-state index contributed by atoms with van der Waals surface area (Å²) in [5.41, 5.74) is 2.38. The third-order valence-electron chi connectivity index (χ3n) is 4.56. The summed E-state index contributed by atoms with van der Waals surface area (Å²) in [5, 5.41) is 8.58. The molecule has 2 heterocycles. The van der Waals surface area contributed by atoms with Crippen LogP contribution in [-0.4, -0.2) is 23.2 Å². The highest BCUT2D eigenvalue weighted by Crippen LogP contribution is 2.26. The van der Waals surface area contributed by atoms with Gasteiger partial charge in [-0.05, 0) is 44.0 Å². The quantitative estimate of drug-likeness (QED) is 0.766. The zero-order chi connectivity index (χ0) is 18.1. The zero-order valence-corrected chi connectivity index (χ0v) is 15.3. The van der Waals surface area contributed by atoms with Gasteiger partial charge in [-0.3, -0.25) is 4.72 Å². The third kappa shape index (κ3) is 3.22. The Kier molecular flexibility index (Phi) is 4.24. The Morgan fingerprint density at radius 1 is 1.04 bits per heavy atom. The van der Waals surface area contributed by atoms with E-state index in [1.54, 1.807) is 36.4 Å². The maximum atomic E-state index is 12.6. The number of aryl methyl sites for hydroxylation is 2. The standard InChI is InChI=1S/C19H20N4O2S/c1-14-8-10-17(11-9-14)26(24,25)22-16-6-4-5-15(13-16)19-21-20-18-7-2-3-12-23(18)19/h4-6,8-11,13,22H,2-3,7,12H2,1H3. The van der Waals surface area contributed by atoms with E-state index in [4.69, 9.17) is 0 Å². The van der Waals surface area contributed by atoms with Crippen LogP contribution in [0.1, 0.15) is 24.2 Å². The van der Waals surface area contributed by atoms with E-state index in [1.807, 2.05) is 19.1 Å². The predicted octanol–water partition coefficient (Wildman–Crippen LogP) is 3.39. The Morgan fingerprint density at radius 2 is 1.85 bits per heavy atom. The largest absolute Gasteiger partial charge is 0.311 e. The fourth-order valence-corrected chi connectivity index (χ4v) is 4.22. The van der Waals surface area contributed by atoms with Gasteiger partial charge < -0.3 is 4.57 Å². The molecule has 0 atom stereocenters. The van der Waals surface area contributed by atoms with E-state index in [9.17, 15) is 8.42 Å². The van der Waals surface area contributed by atoms with Gasteiger partial charge in [0.2, 0.25) is 0 Å². The Labute approximate surface area is 153 Å². The molecule has 0 saturated carbocycles. The second kappa shape index (κ2) is 6.57. The van der Waals surface area contributed by atoms with Crippen LogP contribution in [0.2, 0.25) is 0 Å². The molecule has 26 heavy (non-hydrogen) atoms. The molecule has 6 nitrogen and oxygen atoms in total. The van der Waals surface area contributed by atoms with Crippen molar-refractivity contribution in [1.29, 1.82) is 0 Å². The lowest BCUT2D eigenvalue weighted by atomic mass is 10.1. The van der Waals surface area contributed by atoms with Crippen LogP contribution in [0.15, 0.2) is 53.4 Å². The molecule has 0 saturated heterocycles. The number of hydrogen-bond acceptors (Lipinski definition) is 4. The van der Waals surface area contributed by atoms with Gasteiger partial charge in [0.25, 0.3) is 10.0 Å². The van der Waals surface area contributed by atoms with E-state index >= 15 is 0 Å². The SMILES string of the molecule is Cc1ccc(S(=O)(=O)Nc2cccc(-c3nnc4n3CCCC4)c2)cc1. The molecule has 1 N–H and O–H groups in total. The maximum Gasteiger partial charge on any atom is 0.261 e. The zero-order valence-electron chi connectivity index (χ0n) is 14.5. The van der Waals surface area contributed by atoms with Crippen molar-refractivity contribution < 1.29 is 8.42 Å². The molecule has 0 bridgehead atoms. The van der Waals surface area contributed by atoms with Gasteiger partial charge in [-0.15, -0.1) is 10.2 Å². The summed E-state index contributed by atoms with van der Waals surface area (Å²) in [5.74, 6) is 1.79. The lowest BCUT2D eigenvalue weighted by molar-refractivity contribution is 0.526. The van der Waals surface area contributed by atoms with E-state index in [0.29, 0.717) is 5.69 Å². The number of aromatic nitrogens is 3. The van der Waals surface area contributed by atoms with Crippen molar-refractivity contribution in [3.05, 3.63) is 59.9 Å². The molecule has 2 aromatic carbocycles. The molecule has 0 aliphatic carbocycles. The molecule has 0 unspecified atom stereocenters. The highest BCUT2D eigenvalue weighted by Gasteiger charge is 2.18. The van der Waals surface area contributed by atoms with Gasteiger partial charge in [0.05, 0.1) is 4.90 Å². The van der Waals surface area contributed by atoms with Gasteiger partial charge in [0.15, 0.2) is 5.82 Å². The van der Waals surface area contributed by atoms with E-state index in [-0.39, 0.29) is 4.90 Å². The Balaban J connectivity index is 1.64. The van der Waals surface area contributed by atoms with Crippen molar-refractivity contribution in [2.24, 2.45) is 0 Å². The summed E-state index contributed by atoms with van der Waals surface area (Å²) < 4.78 is 30.0. The van der Waals surface area contributed by atoms with Gasteiger partial charge in [0.1, 0.15) is 5.82 Å². The molecule has 0 spiro atoms. The fourth-order valence-electron chi connectivity index (χ4n) is 3.18. The van der Waals surface area contributed by atoms with E-state index < -0.39 is 10.0 Å². The molecule has 1 aromatic heterocycles. The highest BCUT2D eigenvalue weighted by molar-refractivity contribution is 7.92. The average Bonchev–Trinajstić information content (AvgIpc) is 3.06. The number of anilines is 1. The molecule has 0 fully saturated rings. The number of fused-ring (bicyclic) bond motifs is 1. The minimum absolute atomic E-state index is 0.244. The summed E-state index contributed by atoms with van der Waals surface area (Å²) in [6.07, 6.45) is 3.18. The van der Waals surface area contributed by atoms with Crippen molar-refractivity contribution in [2.75, 3.05) is 4.72 Å². The lowest BCUT2D eigenvalue weighted by Gasteiger charge is -2.15. The molecule has 0 radical (unpaired) electrons. The summed E-state index contributed by atoms with van der Waals surface area (Å²) >= 11 is 0. The summed E-state index contributed by atoms with van der Waals surface area (Å²) in [6, 6.07) is 14.1. The predicted molar refractivity (Wildman–Crippen MR) is 100 cm³/mol. The molecule has 134 valence electrons. The fraction of sp³-hybridized carbons (Fsp3) is 0.263. The Bertz CT molecular complexity index is 1040. The van der Waals surface area contributed by atoms with Crippen LogP contribution in [0.25, 0.3) is 11.4 Å². The number of benzene rings is 2. The van der Waals surface area contributed by atoms with Crippen LogP contribution < -0.4 is 4.72 Å². The van der Waals surface area contributed by atoms with Crippen LogP contribution in [0.5, 0.6) is 0 Å². The molecule has 1 aliphatic rings. The summed E-state index contributed by atoms with van der Waals surface area (Å²) in [4.78, 5) is 0.244. The van der Waals surface area contributed by atoms with E-state index in [1.165, 1.54) is 0 Å². The second-order valence-corrected chi connectivity index (χ2v) is 8.23. The highest BCUT2D eigenvalue weighted by atomic mass is 32.2. The summed E-state index contributed by atoms with van der Waals surface area (Å²) in [6.45, 7) is 2.82. The van der Waals surface area contributed by atoms with Crippen molar-refractivity contribution in [2.45, 2.75) is 37.6 Å². The van der Waals surface area contributed by atoms with Crippen molar-refractivity contribution in [3.63, 3.8) is 0 Å². The van der Waals surface area contributed by atoms with Gasteiger partial charge >= 0.3 is 0 Å². The normalized spacial score (nSPS) is 14.0. The van der Waals surface area contributed by atoms with Crippen molar-refractivity contribution >= 4 is 15.7 Å². The van der Waals surface area contributed by atoms with Crippen LogP contribution in [-0.2, 0) is 23.0 Å². The molecular formula is C19H20N4O2S. The topological polar surface area (TPSA) is 76.9 Å². The van der Waals surface area contributed by atoms with Gasteiger partial charge in [-0.2, -0.15) is 0 Å². The van der Waals surface area contributed by atoms with E-state index in [2.05, 4.69) is 19.5 Å². The monoisotopic (exact) mass is 368 g/mol. The van der Waals surface area contributed by atoms with Crippen LogP contribution in [0, 0.1) is 6.92 Å². The molecule has 7 heteroatoms. The third-order valence-corrected chi connectivity index (χ3v) is 5.96. The number of sulfonamides is 1. The van der Waals surface area contributed by atoms with E-state index in [0.717, 1.165) is 48.6 Å². The minimum atomic E-state index is -3.63. The molecular weight excluding hydrogens is 348 g/mol. The molecule has 4 rings (SSSR count). The second-order valence-electron chi connectivity index (χ2n) is 6.55. The van der Waals surface area contributed by atoms with Crippen molar-refractivity contribution in [3.8, 4) is 11.4 Å². The minimum Gasteiger partial charge on any atom is -0.311 e. The maximum absolute atomic E-state index is 12.6. The first kappa shape index (κ1) is 16.8. The number of nitrogens with one attached hydrogen (secondary N) is 1. The lowest BCUT2D eigenvalue weighted by Crippen LogP contribution is -2.13. The van der Waals surface area contributed by atoms with Crippen LogP contribution in [0.4, 0.5) is 5.69 Å². The Morgan fingerprint density at radius 3 is 2.65 bits per heavy atom. The summed E-state index contributed by atoms with van der Waals surface area (Å²) in [7, 11) is -3.63.